The highest BCUT2D eigenvalue weighted by Crippen LogP contribution is 2.28. The normalized spacial score (nSPS) is 10.3. The molecule has 94 valence electrons. The van der Waals surface area contributed by atoms with Crippen LogP contribution in [0.2, 0.25) is 0 Å². The first-order chi connectivity index (χ1) is 8.58. The van der Waals surface area contributed by atoms with Crippen molar-refractivity contribution in [1.29, 1.82) is 0 Å². The molecule has 1 aromatic heterocycles. The quantitative estimate of drug-likeness (QED) is 0.696. The van der Waals surface area contributed by atoms with Crippen LogP contribution in [0.3, 0.4) is 0 Å². The topological polar surface area (TPSA) is 73.0 Å². The van der Waals surface area contributed by atoms with Gasteiger partial charge in [-0.25, -0.2) is 4.98 Å². The number of anilines is 1. The number of nitro benzene ring substituents is 1. The molecular formula is C11H11BrN4O2. The average molecular weight is 311 g/mol. The molecule has 0 saturated heterocycles. The molecule has 6 nitrogen and oxygen atoms in total. The SMILES string of the molecule is Cn1ccnc1CNc1cc(Br)ccc1[N+](=O)[O-]. The number of hydrogen-bond acceptors (Lipinski definition) is 4. The van der Waals surface area contributed by atoms with Crippen LogP contribution in [0.25, 0.3) is 0 Å². The molecule has 0 unspecified atom stereocenters. The fourth-order valence-corrected chi connectivity index (χ4v) is 1.91. The van der Waals surface area contributed by atoms with Gasteiger partial charge in [0, 0.05) is 30.0 Å². The van der Waals surface area contributed by atoms with Crippen LogP contribution in [0, 0.1) is 10.1 Å². The molecule has 1 N–H and O–H groups in total. The van der Waals surface area contributed by atoms with Crippen molar-refractivity contribution in [1.82, 2.24) is 9.55 Å². The van der Waals surface area contributed by atoms with E-state index in [1.165, 1.54) is 6.07 Å². The van der Waals surface area contributed by atoms with Gasteiger partial charge < -0.3 is 9.88 Å². The first-order valence-corrected chi connectivity index (χ1v) is 6.01. The number of aryl methyl sites for hydroxylation is 1. The summed E-state index contributed by atoms with van der Waals surface area (Å²) in [6.45, 7) is 0.431. The van der Waals surface area contributed by atoms with Crippen LogP contribution in [0.1, 0.15) is 5.82 Å². The van der Waals surface area contributed by atoms with E-state index in [0.29, 0.717) is 12.2 Å². The fourth-order valence-electron chi connectivity index (χ4n) is 1.55. The first-order valence-electron chi connectivity index (χ1n) is 5.22. The Kier molecular flexibility index (Phi) is 3.61. The molecule has 1 aromatic carbocycles. The van der Waals surface area contributed by atoms with Crippen molar-refractivity contribution < 1.29 is 4.92 Å². The molecule has 1 heterocycles. The lowest BCUT2D eigenvalue weighted by atomic mass is 10.2. The van der Waals surface area contributed by atoms with Crippen LogP contribution >= 0.6 is 15.9 Å². The van der Waals surface area contributed by atoms with Gasteiger partial charge in [0.15, 0.2) is 0 Å². The molecule has 0 aliphatic heterocycles. The Bertz CT molecular complexity index is 582. The van der Waals surface area contributed by atoms with Crippen LogP contribution < -0.4 is 5.32 Å². The maximum atomic E-state index is 10.9. The average Bonchev–Trinajstić information content (AvgIpc) is 2.72. The van der Waals surface area contributed by atoms with E-state index in [2.05, 4.69) is 26.2 Å². The highest BCUT2D eigenvalue weighted by Gasteiger charge is 2.13. The Hall–Kier alpha value is -1.89. The van der Waals surface area contributed by atoms with Gasteiger partial charge in [-0.05, 0) is 12.1 Å². The minimum absolute atomic E-state index is 0.0485. The molecule has 0 aliphatic carbocycles. The van der Waals surface area contributed by atoms with E-state index in [1.54, 1.807) is 18.3 Å². The number of imidazole rings is 1. The molecule has 0 fully saturated rings. The Balaban J connectivity index is 2.20. The molecule has 0 spiro atoms. The number of rotatable bonds is 4. The molecular weight excluding hydrogens is 300 g/mol. The number of nitrogens with zero attached hydrogens (tertiary/aromatic N) is 3. The van der Waals surface area contributed by atoms with Gasteiger partial charge in [0.05, 0.1) is 11.5 Å². The van der Waals surface area contributed by atoms with Gasteiger partial charge in [-0.1, -0.05) is 15.9 Å². The smallest absolute Gasteiger partial charge is 0.292 e. The summed E-state index contributed by atoms with van der Waals surface area (Å²) in [7, 11) is 1.87. The second kappa shape index (κ2) is 5.18. The van der Waals surface area contributed by atoms with E-state index in [-0.39, 0.29) is 5.69 Å². The minimum Gasteiger partial charge on any atom is -0.372 e. The minimum atomic E-state index is -0.410. The van der Waals surface area contributed by atoms with Crippen LogP contribution in [0.15, 0.2) is 35.1 Å². The zero-order valence-corrected chi connectivity index (χ0v) is 11.2. The van der Waals surface area contributed by atoms with Crippen molar-refractivity contribution in [2.45, 2.75) is 6.54 Å². The summed E-state index contributed by atoms with van der Waals surface area (Å²) in [5, 5.41) is 13.9. The molecule has 0 saturated carbocycles. The largest absolute Gasteiger partial charge is 0.372 e. The van der Waals surface area contributed by atoms with Crippen LogP contribution in [-0.4, -0.2) is 14.5 Å². The second-order valence-corrected chi connectivity index (χ2v) is 4.64. The van der Waals surface area contributed by atoms with E-state index in [4.69, 9.17) is 0 Å². The van der Waals surface area contributed by atoms with Gasteiger partial charge in [0.1, 0.15) is 11.5 Å². The maximum Gasteiger partial charge on any atom is 0.292 e. The second-order valence-electron chi connectivity index (χ2n) is 3.73. The van der Waals surface area contributed by atoms with Crippen molar-refractivity contribution in [3.8, 4) is 0 Å². The van der Waals surface area contributed by atoms with Crippen molar-refractivity contribution in [3.63, 3.8) is 0 Å². The zero-order chi connectivity index (χ0) is 13.1. The summed E-state index contributed by atoms with van der Waals surface area (Å²) < 4.78 is 2.65. The summed E-state index contributed by atoms with van der Waals surface area (Å²) in [4.78, 5) is 14.6. The zero-order valence-electron chi connectivity index (χ0n) is 9.63. The number of benzene rings is 1. The standard InChI is InChI=1S/C11H11BrN4O2/c1-15-5-4-13-11(15)7-14-9-6-8(12)2-3-10(9)16(17)18/h2-6,14H,7H2,1H3. The first kappa shape index (κ1) is 12.6. The molecule has 0 radical (unpaired) electrons. The third-order valence-electron chi connectivity index (χ3n) is 2.51. The Morgan fingerprint density at radius 1 is 1.56 bits per heavy atom. The fraction of sp³-hybridized carbons (Fsp3) is 0.182. The molecule has 18 heavy (non-hydrogen) atoms. The van der Waals surface area contributed by atoms with Crippen molar-refractivity contribution in [3.05, 3.63) is 51.0 Å². The lowest BCUT2D eigenvalue weighted by molar-refractivity contribution is -0.384. The van der Waals surface area contributed by atoms with Gasteiger partial charge in [-0.15, -0.1) is 0 Å². The Morgan fingerprint density at radius 2 is 2.33 bits per heavy atom. The lowest BCUT2D eigenvalue weighted by Crippen LogP contribution is -2.07. The van der Waals surface area contributed by atoms with Crippen molar-refractivity contribution in [2.24, 2.45) is 7.05 Å². The van der Waals surface area contributed by atoms with E-state index in [9.17, 15) is 10.1 Å². The molecule has 7 heteroatoms. The number of nitrogens with one attached hydrogen (secondary N) is 1. The maximum absolute atomic E-state index is 10.9. The number of aromatic nitrogens is 2. The van der Waals surface area contributed by atoms with Gasteiger partial charge in [0.2, 0.25) is 0 Å². The summed E-state index contributed by atoms with van der Waals surface area (Å²) in [5.74, 6) is 0.810. The van der Waals surface area contributed by atoms with E-state index in [0.717, 1.165) is 10.3 Å². The third kappa shape index (κ3) is 2.67. The monoisotopic (exact) mass is 310 g/mol. The van der Waals surface area contributed by atoms with E-state index < -0.39 is 4.92 Å². The van der Waals surface area contributed by atoms with E-state index in [1.807, 2.05) is 17.8 Å². The number of hydrogen-bond donors (Lipinski definition) is 1. The molecule has 2 rings (SSSR count). The van der Waals surface area contributed by atoms with Gasteiger partial charge in [-0.2, -0.15) is 0 Å². The molecule has 0 bridgehead atoms. The predicted octanol–water partition coefficient (Wildman–Crippen LogP) is 2.70. The van der Waals surface area contributed by atoms with Crippen molar-refractivity contribution >= 4 is 27.3 Å². The summed E-state index contributed by atoms with van der Waals surface area (Å²) in [5.41, 5.74) is 0.518. The van der Waals surface area contributed by atoms with Crippen LogP contribution in [-0.2, 0) is 13.6 Å². The van der Waals surface area contributed by atoms with Gasteiger partial charge in [-0.3, -0.25) is 10.1 Å². The van der Waals surface area contributed by atoms with Gasteiger partial charge >= 0.3 is 0 Å². The third-order valence-corrected chi connectivity index (χ3v) is 3.01. The number of nitro groups is 1. The number of halogens is 1. The lowest BCUT2D eigenvalue weighted by Gasteiger charge is -2.07. The van der Waals surface area contributed by atoms with Crippen molar-refractivity contribution in [2.75, 3.05) is 5.32 Å². The molecule has 0 amide bonds. The predicted molar refractivity (Wildman–Crippen MR) is 71.3 cm³/mol. The summed E-state index contributed by atoms with van der Waals surface area (Å²) in [6, 6.07) is 4.79. The van der Waals surface area contributed by atoms with Crippen LogP contribution in [0.4, 0.5) is 11.4 Å². The highest BCUT2D eigenvalue weighted by atomic mass is 79.9. The summed E-state index contributed by atoms with van der Waals surface area (Å²) >= 11 is 3.30. The molecule has 2 aromatic rings. The molecule has 0 aliphatic rings. The van der Waals surface area contributed by atoms with Crippen LogP contribution in [0.5, 0.6) is 0 Å². The van der Waals surface area contributed by atoms with E-state index >= 15 is 0 Å². The highest BCUT2D eigenvalue weighted by molar-refractivity contribution is 9.10. The Labute approximate surface area is 112 Å². The molecule has 0 atom stereocenters. The Morgan fingerprint density at radius 3 is 2.94 bits per heavy atom. The summed E-state index contributed by atoms with van der Waals surface area (Å²) in [6.07, 6.45) is 3.51. The van der Waals surface area contributed by atoms with Gasteiger partial charge in [0.25, 0.3) is 5.69 Å².